The second-order valence-electron chi connectivity index (χ2n) is 6.97. The van der Waals surface area contributed by atoms with Crippen molar-refractivity contribution in [3.8, 4) is 0 Å². The van der Waals surface area contributed by atoms with Gasteiger partial charge in [0, 0.05) is 40.0 Å². The molecule has 0 atom stereocenters. The van der Waals surface area contributed by atoms with Crippen LogP contribution in [0.15, 0.2) is 62.9 Å². The van der Waals surface area contributed by atoms with Crippen LogP contribution in [0.2, 0.25) is 0 Å². The number of hydrogen-bond donors (Lipinski definition) is 3. The van der Waals surface area contributed by atoms with Gasteiger partial charge in [0.2, 0.25) is 0 Å². The number of benzene rings is 2. The zero-order valence-electron chi connectivity index (χ0n) is 16.5. The average Bonchev–Trinajstić information content (AvgIpc) is 3.30. The Balaban J connectivity index is 1.54. The Morgan fingerprint density at radius 1 is 1.17 bits per heavy atom. The Labute approximate surface area is 177 Å². The number of carbonyl (C=O) groups excluding carboxylic acids is 1. The Hall–Kier alpha value is -3.39. The van der Waals surface area contributed by atoms with Crippen molar-refractivity contribution >= 4 is 40.0 Å². The first-order chi connectivity index (χ1) is 14.3. The van der Waals surface area contributed by atoms with Crippen molar-refractivity contribution < 1.29 is 13.6 Å². The number of rotatable bonds is 5. The second kappa shape index (κ2) is 7.79. The third-order valence-corrected chi connectivity index (χ3v) is 6.25. The molecule has 0 fully saturated rings. The summed E-state index contributed by atoms with van der Waals surface area (Å²) < 4.78 is 21.4. The van der Waals surface area contributed by atoms with Gasteiger partial charge in [0.15, 0.2) is 0 Å². The highest BCUT2D eigenvalue weighted by atomic mass is 32.2. The fraction of sp³-hybridized carbons (Fsp3) is 0.136. The molecule has 0 aliphatic carbocycles. The molecule has 0 bridgehead atoms. The number of nitrogen functional groups attached to an aromatic ring is 2. The van der Waals surface area contributed by atoms with E-state index in [0.717, 1.165) is 15.5 Å². The lowest BCUT2D eigenvalue weighted by Gasteiger charge is -2.09. The number of anilines is 2. The van der Waals surface area contributed by atoms with Crippen LogP contribution < -0.4 is 16.8 Å². The van der Waals surface area contributed by atoms with Crippen molar-refractivity contribution in [2.24, 2.45) is 7.05 Å². The molecule has 4 rings (SSSR count). The summed E-state index contributed by atoms with van der Waals surface area (Å²) in [4.78, 5) is 14.7. The maximum absolute atomic E-state index is 14.3. The van der Waals surface area contributed by atoms with Crippen molar-refractivity contribution in [2.75, 3.05) is 11.5 Å². The number of carbonyl (C=O) groups is 1. The standard InChI is InChI=1S/C22H21FN4O2S/c1-12-21(30-13-3-5-17(24)18(25)9-13)10-19(27(12)2)22(28)26-11-15-14-7-8-29-20(14)6-4-16(15)23/h3-10H,11,24-25H2,1-2H3,(H,26,28). The maximum Gasteiger partial charge on any atom is 0.268 e. The summed E-state index contributed by atoms with van der Waals surface area (Å²) in [5, 5.41) is 3.46. The Kier molecular flexibility index (Phi) is 5.17. The molecular weight excluding hydrogens is 403 g/mol. The van der Waals surface area contributed by atoms with Crippen molar-refractivity contribution in [3.05, 3.63) is 71.5 Å². The minimum atomic E-state index is -0.385. The molecular formula is C22H21FN4O2S. The summed E-state index contributed by atoms with van der Waals surface area (Å²) in [7, 11) is 1.82. The molecule has 5 N–H and O–H groups in total. The number of nitrogens with two attached hydrogens (primary N) is 2. The summed E-state index contributed by atoms with van der Waals surface area (Å²) in [6, 6.07) is 11.9. The number of amides is 1. The third kappa shape index (κ3) is 3.61. The molecule has 1 amide bonds. The molecule has 0 saturated carbocycles. The number of halogens is 1. The largest absolute Gasteiger partial charge is 0.464 e. The Bertz CT molecular complexity index is 1260. The van der Waals surface area contributed by atoms with Crippen LogP contribution in [0.4, 0.5) is 15.8 Å². The number of nitrogens with zero attached hydrogens (tertiary/aromatic N) is 1. The van der Waals surface area contributed by atoms with Gasteiger partial charge in [-0.25, -0.2) is 4.39 Å². The molecule has 154 valence electrons. The van der Waals surface area contributed by atoms with Gasteiger partial charge < -0.3 is 25.8 Å². The number of nitrogens with one attached hydrogen (secondary N) is 1. The lowest BCUT2D eigenvalue weighted by Crippen LogP contribution is -2.25. The van der Waals surface area contributed by atoms with Crippen molar-refractivity contribution in [1.82, 2.24) is 9.88 Å². The lowest BCUT2D eigenvalue weighted by atomic mass is 10.1. The summed E-state index contributed by atoms with van der Waals surface area (Å²) in [6.07, 6.45) is 1.50. The van der Waals surface area contributed by atoms with E-state index in [0.29, 0.717) is 33.6 Å². The van der Waals surface area contributed by atoms with E-state index in [1.165, 1.54) is 24.1 Å². The SMILES string of the molecule is Cc1c(Sc2ccc(N)c(N)c2)cc(C(=O)NCc2c(F)ccc3occc23)n1C. The molecule has 8 heteroatoms. The van der Waals surface area contributed by atoms with Gasteiger partial charge in [-0.05, 0) is 49.4 Å². The van der Waals surface area contributed by atoms with Crippen LogP contribution in [0, 0.1) is 12.7 Å². The highest BCUT2D eigenvalue weighted by Gasteiger charge is 2.18. The molecule has 0 saturated heterocycles. The summed E-state index contributed by atoms with van der Waals surface area (Å²) in [5.41, 5.74) is 15.1. The van der Waals surface area contributed by atoms with Crippen LogP contribution in [-0.2, 0) is 13.6 Å². The van der Waals surface area contributed by atoms with Crippen LogP contribution in [0.1, 0.15) is 21.7 Å². The van der Waals surface area contributed by atoms with E-state index in [4.69, 9.17) is 15.9 Å². The summed E-state index contributed by atoms with van der Waals surface area (Å²) >= 11 is 1.50. The van der Waals surface area contributed by atoms with E-state index < -0.39 is 0 Å². The fourth-order valence-corrected chi connectivity index (χ4v) is 4.28. The van der Waals surface area contributed by atoms with Gasteiger partial charge in [-0.2, -0.15) is 0 Å². The van der Waals surface area contributed by atoms with E-state index >= 15 is 0 Å². The van der Waals surface area contributed by atoms with E-state index in [-0.39, 0.29) is 18.3 Å². The van der Waals surface area contributed by atoms with Crippen LogP contribution in [0.5, 0.6) is 0 Å². The van der Waals surface area contributed by atoms with Gasteiger partial charge in [-0.1, -0.05) is 11.8 Å². The van der Waals surface area contributed by atoms with Crippen molar-refractivity contribution in [3.63, 3.8) is 0 Å². The minimum absolute atomic E-state index is 0.0583. The highest BCUT2D eigenvalue weighted by molar-refractivity contribution is 7.99. The highest BCUT2D eigenvalue weighted by Crippen LogP contribution is 2.34. The summed E-state index contributed by atoms with van der Waals surface area (Å²) in [6.45, 7) is 1.99. The average molecular weight is 425 g/mol. The molecule has 0 aliphatic heterocycles. The number of fused-ring (bicyclic) bond motifs is 1. The molecule has 30 heavy (non-hydrogen) atoms. The lowest BCUT2D eigenvalue weighted by molar-refractivity contribution is 0.0942. The van der Waals surface area contributed by atoms with Gasteiger partial charge in [0.25, 0.3) is 5.91 Å². The summed E-state index contributed by atoms with van der Waals surface area (Å²) in [5.74, 6) is -0.673. The molecule has 4 aromatic rings. The van der Waals surface area contributed by atoms with Crippen molar-refractivity contribution in [1.29, 1.82) is 0 Å². The van der Waals surface area contributed by atoms with Gasteiger partial charge in [-0.3, -0.25) is 4.79 Å². The van der Waals surface area contributed by atoms with E-state index in [9.17, 15) is 9.18 Å². The van der Waals surface area contributed by atoms with Crippen LogP contribution in [0.25, 0.3) is 11.0 Å². The van der Waals surface area contributed by atoms with Gasteiger partial charge in [0.05, 0.1) is 17.6 Å². The van der Waals surface area contributed by atoms with E-state index in [1.54, 1.807) is 24.3 Å². The van der Waals surface area contributed by atoms with Crippen LogP contribution in [0.3, 0.4) is 0 Å². The normalized spacial score (nSPS) is 11.2. The molecule has 2 aromatic carbocycles. The molecule has 0 aliphatic rings. The van der Waals surface area contributed by atoms with Crippen LogP contribution in [-0.4, -0.2) is 10.5 Å². The smallest absolute Gasteiger partial charge is 0.268 e. The molecule has 2 aromatic heterocycles. The molecule has 0 spiro atoms. The minimum Gasteiger partial charge on any atom is -0.464 e. The predicted octanol–water partition coefficient (Wildman–Crippen LogP) is 4.46. The zero-order chi connectivity index (χ0) is 21.4. The fourth-order valence-electron chi connectivity index (χ4n) is 3.25. The van der Waals surface area contributed by atoms with Gasteiger partial charge in [-0.15, -0.1) is 0 Å². The predicted molar refractivity (Wildman–Crippen MR) is 117 cm³/mol. The van der Waals surface area contributed by atoms with E-state index in [2.05, 4.69) is 5.32 Å². The van der Waals surface area contributed by atoms with Gasteiger partial charge >= 0.3 is 0 Å². The monoisotopic (exact) mass is 424 g/mol. The topological polar surface area (TPSA) is 99.2 Å². The van der Waals surface area contributed by atoms with Gasteiger partial charge in [0.1, 0.15) is 17.1 Å². The molecule has 2 heterocycles. The van der Waals surface area contributed by atoms with Crippen molar-refractivity contribution in [2.45, 2.75) is 23.3 Å². The first kappa shape index (κ1) is 19.9. The first-order valence-electron chi connectivity index (χ1n) is 9.27. The Morgan fingerprint density at radius 3 is 2.73 bits per heavy atom. The zero-order valence-corrected chi connectivity index (χ0v) is 17.3. The third-order valence-electron chi connectivity index (χ3n) is 5.12. The molecule has 0 radical (unpaired) electrons. The second-order valence-corrected chi connectivity index (χ2v) is 8.09. The first-order valence-corrected chi connectivity index (χ1v) is 10.1. The molecule has 6 nitrogen and oxygen atoms in total. The molecule has 0 unspecified atom stereocenters. The Morgan fingerprint density at radius 2 is 1.97 bits per heavy atom. The maximum atomic E-state index is 14.3. The quantitative estimate of drug-likeness (QED) is 0.411. The number of aromatic nitrogens is 1. The van der Waals surface area contributed by atoms with E-state index in [1.807, 2.05) is 30.7 Å². The number of hydrogen-bond acceptors (Lipinski definition) is 5. The van der Waals surface area contributed by atoms with Crippen LogP contribution >= 0.6 is 11.8 Å². The number of furan rings is 1.